The smallest absolute Gasteiger partial charge is 0.313 e. The van der Waals surface area contributed by atoms with Crippen molar-refractivity contribution in [3.63, 3.8) is 0 Å². The lowest BCUT2D eigenvalue weighted by atomic mass is 10.3. The van der Waals surface area contributed by atoms with Crippen molar-refractivity contribution in [3.8, 4) is 0 Å². The molecule has 2 aromatic rings. The fourth-order valence-electron chi connectivity index (χ4n) is 1.42. The van der Waals surface area contributed by atoms with Gasteiger partial charge in [-0.2, -0.15) is 0 Å². The molecule has 0 aromatic carbocycles. The number of aromatic nitrogens is 2. The summed E-state index contributed by atoms with van der Waals surface area (Å²) in [5.41, 5.74) is 1.09. The number of carbonyl (C=O) groups excluding carboxylic acids is 2. The molecule has 2 N–H and O–H groups in total. The average Bonchev–Trinajstić information content (AvgIpc) is 2.48. The van der Waals surface area contributed by atoms with Crippen molar-refractivity contribution in [2.45, 2.75) is 6.54 Å². The van der Waals surface area contributed by atoms with Gasteiger partial charge in [0.2, 0.25) is 0 Å². The first kappa shape index (κ1) is 14.0. The van der Waals surface area contributed by atoms with E-state index < -0.39 is 11.8 Å². The maximum absolute atomic E-state index is 11.7. The number of hydrogen-bond acceptors (Lipinski definition) is 4. The van der Waals surface area contributed by atoms with Crippen LogP contribution in [0.15, 0.2) is 42.9 Å². The molecule has 0 unspecified atom stereocenters. The van der Waals surface area contributed by atoms with E-state index in [1.54, 1.807) is 36.7 Å². The molecular weight excluding hydrogens is 280 g/mol. The van der Waals surface area contributed by atoms with Gasteiger partial charge in [-0.1, -0.05) is 17.7 Å². The minimum absolute atomic E-state index is 0.126. The summed E-state index contributed by atoms with van der Waals surface area (Å²) >= 11 is 5.78. The van der Waals surface area contributed by atoms with E-state index in [2.05, 4.69) is 20.6 Å². The summed E-state index contributed by atoms with van der Waals surface area (Å²) < 4.78 is 0. The first-order chi connectivity index (χ1) is 9.66. The van der Waals surface area contributed by atoms with Crippen LogP contribution in [0.3, 0.4) is 0 Å². The third-order valence-electron chi connectivity index (χ3n) is 2.39. The number of hydrogen-bond donors (Lipinski definition) is 2. The second-order valence-corrected chi connectivity index (χ2v) is 4.20. The van der Waals surface area contributed by atoms with E-state index >= 15 is 0 Å². The van der Waals surface area contributed by atoms with Gasteiger partial charge in [-0.05, 0) is 23.8 Å². The fourth-order valence-corrected chi connectivity index (χ4v) is 1.59. The second-order valence-electron chi connectivity index (χ2n) is 3.84. The zero-order valence-corrected chi connectivity index (χ0v) is 11.1. The standard InChI is InChI=1S/C13H11ClN4O2/c14-11-10(4-2-6-16-11)18-13(20)12(19)17-8-9-3-1-5-15-7-9/h1-7H,8H2,(H,17,19)(H,18,20). The SMILES string of the molecule is O=C(NCc1cccnc1)C(=O)Nc1cccnc1Cl. The van der Waals surface area contributed by atoms with Gasteiger partial charge in [0.05, 0.1) is 5.69 Å². The molecule has 0 aliphatic heterocycles. The Balaban J connectivity index is 1.90. The second kappa shape index (κ2) is 6.63. The Labute approximate surface area is 120 Å². The van der Waals surface area contributed by atoms with Gasteiger partial charge in [-0.15, -0.1) is 0 Å². The van der Waals surface area contributed by atoms with Gasteiger partial charge in [-0.25, -0.2) is 4.98 Å². The number of halogens is 1. The zero-order chi connectivity index (χ0) is 14.4. The highest BCUT2D eigenvalue weighted by Crippen LogP contribution is 2.16. The average molecular weight is 291 g/mol. The zero-order valence-electron chi connectivity index (χ0n) is 10.3. The molecule has 0 bridgehead atoms. The molecule has 2 aromatic heterocycles. The van der Waals surface area contributed by atoms with Gasteiger partial charge in [0.15, 0.2) is 5.15 Å². The number of anilines is 1. The van der Waals surface area contributed by atoms with Crippen LogP contribution in [0.1, 0.15) is 5.56 Å². The Bertz CT molecular complexity index is 619. The Morgan fingerprint density at radius 3 is 2.65 bits per heavy atom. The number of rotatable bonds is 3. The van der Waals surface area contributed by atoms with Crippen LogP contribution in [0.4, 0.5) is 5.69 Å². The topological polar surface area (TPSA) is 84.0 Å². The van der Waals surface area contributed by atoms with Gasteiger partial charge in [0, 0.05) is 25.1 Å². The van der Waals surface area contributed by atoms with Crippen LogP contribution < -0.4 is 10.6 Å². The van der Waals surface area contributed by atoms with E-state index in [0.29, 0.717) is 0 Å². The quantitative estimate of drug-likeness (QED) is 0.661. The summed E-state index contributed by atoms with van der Waals surface area (Å²) in [6.07, 6.45) is 4.72. The van der Waals surface area contributed by atoms with E-state index in [1.165, 1.54) is 6.20 Å². The van der Waals surface area contributed by atoms with Gasteiger partial charge in [-0.3, -0.25) is 14.6 Å². The molecule has 0 radical (unpaired) electrons. The molecule has 2 heterocycles. The third-order valence-corrected chi connectivity index (χ3v) is 2.69. The maximum atomic E-state index is 11.7. The van der Waals surface area contributed by atoms with Crippen LogP contribution in [-0.4, -0.2) is 21.8 Å². The van der Waals surface area contributed by atoms with Crippen molar-refractivity contribution < 1.29 is 9.59 Å². The van der Waals surface area contributed by atoms with Crippen molar-refractivity contribution in [1.29, 1.82) is 0 Å². The highest BCUT2D eigenvalue weighted by atomic mass is 35.5. The first-order valence-corrected chi connectivity index (χ1v) is 6.13. The summed E-state index contributed by atoms with van der Waals surface area (Å²) in [4.78, 5) is 31.0. The van der Waals surface area contributed by atoms with Gasteiger partial charge >= 0.3 is 11.8 Å². The largest absolute Gasteiger partial charge is 0.344 e. The Hall–Kier alpha value is -2.47. The molecule has 0 saturated carbocycles. The summed E-state index contributed by atoms with van der Waals surface area (Å²) in [5, 5.41) is 4.99. The van der Waals surface area contributed by atoms with E-state index in [-0.39, 0.29) is 17.4 Å². The molecule has 0 saturated heterocycles. The van der Waals surface area contributed by atoms with Crippen molar-refractivity contribution in [1.82, 2.24) is 15.3 Å². The van der Waals surface area contributed by atoms with Crippen LogP contribution in [0.2, 0.25) is 5.15 Å². The monoisotopic (exact) mass is 290 g/mol. The Morgan fingerprint density at radius 2 is 1.95 bits per heavy atom. The van der Waals surface area contributed by atoms with Crippen molar-refractivity contribution in [3.05, 3.63) is 53.6 Å². The summed E-state index contributed by atoms with van der Waals surface area (Å²) in [6, 6.07) is 6.71. The lowest BCUT2D eigenvalue weighted by Crippen LogP contribution is -2.35. The maximum Gasteiger partial charge on any atom is 0.313 e. The van der Waals surface area contributed by atoms with E-state index in [9.17, 15) is 9.59 Å². The lowest BCUT2D eigenvalue weighted by molar-refractivity contribution is -0.136. The minimum Gasteiger partial charge on any atom is -0.344 e. The lowest BCUT2D eigenvalue weighted by Gasteiger charge is -2.07. The van der Waals surface area contributed by atoms with Crippen LogP contribution in [-0.2, 0) is 16.1 Å². The van der Waals surface area contributed by atoms with E-state index in [0.717, 1.165) is 5.56 Å². The number of amides is 2. The van der Waals surface area contributed by atoms with Crippen LogP contribution in [0, 0.1) is 0 Å². The molecule has 20 heavy (non-hydrogen) atoms. The van der Waals surface area contributed by atoms with Crippen LogP contribution in [0.5, 0.6) is 0 Å². The highest BCUT2D eigenvalue weighted by Gasteiger charge is 2.14. The number of carbonyl (C=O) groups is 2. The normalized spacial score (nSPS) is 9.85. The molecule has 102 valence electrons. The van der Waals surface area contributed by atoms with Crippen molar-refractivity contribution in [2.24, 2.45) is 0 Å². The molecule has 2 amide bonds. The predicted octanol–water partition coefficient (Wildman–Crippen LogP) is 1.38. The molecule has 0 aliphatic carbocycles. The first-order valence-electron chi connectivity index (χ1n) is 5.75. The van der Waals surface area contributed by atoms with Crippen molar-refractivity contribution in [2.75, 3.05) is 5.32 Å². The number of nitrogens with zero attached hydrogens (tertiary/aromatic N) is 2. The van der Waals surface area contributed by atoms with Crippen LogP contribution in [0.25, 0.3) is 0 Å². The molecule has 7 heteroatoms. The molecule has 0 atom stereocenters. The Morgan fingerprint density at radius 1 is 1.15 bits per heavy atom. The fraction of sp³-hybridized carbons (Fsp3) is 0.0769. The number of nitrogens with one attached hydrogen (secondary N) is 2. The Kier molecular flexibility index (Phi) is 4.62. The molecule has 0 fully saturated rings. The summed E-state index contributed by atoms with van der Waals surface area (Å²) in [7, 11) is 0. The molecular formula is C13H11ClN4O2. The third kappa shape index (κ3) is 3.76. The number of pyridine rings is 2. The van der Waals surface area contributed by atoms with E-state index in [4.69, 9.17) is 11.6 Å². The summed E-state index contributed by atoms with van der Waals surface area (Å²) in [6.45, 7) is 0.223. The highest BCUT2D eigenvalue weighted by molar-refractivity contribution is 6.41. The van der Waals surface area contributed by atoms with Crippen molar-refractivity contribution >= 4 is 29.1 Å². The van der Waals surface area contributed by atoms with Gasteiger partial charge in [0.25, 0.3) is 0 Å². The minimum atomic E-state index is -0.802. The van der Waals surface area contributed by atoms with Gasteiger partial charge < -0.3 is 10.6 Å². The molecule has 6 nitrogen and oxygen atoms in total. The van der Waals surface area contributed by atoms with Gasteiger partial charge in [0.1, 0.15) is 0 Å². The molecule has 0 aliphatic rings. The predicted molar refractivity (Wildman–Crippen MR) is 74.0 cm³/mol. The van der Waals surface area contributed by atoms with Crippen LogP contribution >= 0.6 is 11.6 Å². The molecule has 2 rings (SSSR count). The molecule has 0 spiro atoms. The summed E-state index contributed by atoms with van der Waals surface area (Å²) in [5.74, 6) is -1.56. The van der Waals surface area contributed by atoms with E-state index in [1.807, 2.05) is 0 Å².